The molecule has 1 aromatic rings. The molecule has 0 radical (unpaired) electrons. The van der Waals surface area contributed by atoms with Gasteiger partial charge in [0.05, 0.1) is 6.21 Å². The summed E-state index contributed by atoms with van der Waals surface area (Å²) < 4.78 is 4.83. The molecule has 108 valence electrons. The van der Waals surface area contributed by atoms with Crippen molar-refractivity contribution in [3.8, 4) is 0 Å². The third kappa shape index (κ3) is 6.10. The van der Waals surface area contributed by atoms with Crippen molar-refractivity contribution in [2.24, 2.45) is 5.10 Å². The number of benzene rings is 1. The SMILES string of the molecule is COCCCNC(=O)C(=O)N/N=C/c1ccc(C)cc1. The van der Waals surface area contributed by atoms with E-state index >= 15 is 0 Å². The molecule has 1 aromatic carbocycles. The summed E-state index contributed by atoms with van der Waals surface area (Å²) in [7, 11) is 1.58. The summed E-state index contributed by atoms with van der Waals surface area (Å²) in [6, 6.07) is 7.61. The van der Waals surface area contributed by atoms with Gasteiger partial charge in [0.1, 0.15) is 0 Å². The largest absolute Gasteiger partial charge is 0.385 e. The van der Waals surface area contributed by atoms with E-state index in [1.807, 2.05) is 31.2 Å². The molecule has 0 aliphatic rings. The van der Waals surface area contributed by atoms with Crippen LogP contribution in [0.15, 0.2) is 29.4 Å². The van der Waals surface area contributed by atoms with Gasteiger partial charge in [-0.2, -0.15) is 5.10 Å². The summed E-state index contributed by atoms with van der Waals surface area (Å²) in [5.74, 6) is -1.49. The zero-order valence-electron chi connectivity index (χ0n) is 11.7. The van der Waals surface area contributed by atoms with Gasteiger partial charge in [-0.25, -0.2) is 5.43 Å². The Kier molecular flexibility index (Phi) is 6.99. The highest BCUT2D eigenvalue weighted by Gasteiger charge is 2.10. The first-order chi connectivity index (χ1) is 9.63. The van der Waals surface area contributed by atoms with Gasteiger partial charge >= 0.3 is 11.8 Å². The molecule has 0 spiro atoms. The Labute approximate surface area is 118 Å². The molecule has 0 bridgehead atoms. The average molecular weight is 277 g/mol. The fourth-order valence-electron chi connectivity index (χ4n) is 1.37. The second-order valence-electron chi connectivity index (χ2n) is 4.21. The van der Waals surface area contributed by atoms with Crippen molar-refractivity contribution < 1.29 is 14.3 Å². The van der Waals surface area contributed by atoms with Gasteiger partial charge in [-0.1, -0.05) is 29.8 Å². The number of methoxy groups -OCH3 is 1. The van der Waals surface area contributed by atoms with E-state index in [9.17, 15) is 9.59 Å². The number of nitrogens with zero attached hydrogens (tertiary/aromatic N) is 1. The van der Waals surface area contributed by atoms with Crippen LogP contribution in [0.4, 0.5) is 0 Å². The van der Waals surface area contributed by atoms with Crippen molar-refractivity contribution in [2.75, 3.05) is 20.3 Å². The standard InChI is InChI=1S/C14H19N3O3/c1-11-4-6-12(7-5-11)10-16-17-14(19)13(18)15-8-3-9-20-2/h4-7,10H,3,8-9H2,1-2H3,(H,15,18)(H,17,19)/b16-10+. The highest BCUT2D eigenvalue weighted by atomic mass is 16.5. The number of hydrogen-bond acceptors (Lipinski definition) is 4. The van der Waals surface area contributed by atoms with Crippen LogP contribution in [0.2, 0.25) is 0 Å². The Morgan fingerprint density at radius 1 is 1.25 bits per heavy atom. The van der Waals surface area contributed by atoms with E-state index in [1.165, 1.54) is 6.21 Å². The molecule has 0 aliphatic carbocycles. The molecule has 6 heteroatoms. The molecule has 0 saturated carbocycles. The second kappa shape index (κ2) is 8.82. The molecule has 2 amide bonds. The van der Waals surface area contributed by atoms with Gasteiger partial charge in [0.15, 0.2) is 0 Å². The maximum Gasteiger partial charge on any atom is 0.329 e. The smallest absolute Gasteiger partial charge is 0.329 e. The minimum Gasteiger partial charge on any atom is -0.385 e. The third-order valence-corrected chi connectivity index (χ3v) is 2.47. The molecule has 0 saturated heterocycles. The molecular weight excluding hydrogens is 258 g/mol. The lowest BCUT2D eigenvalue weighted by molar-refractivity contribution is -0.139. The van der Waals surface area contributed by atoms with Crippen LogP contribution in [0.25, 0.3) is 0 Å². The monoisotopic (exact) mass is 277 g/mol. The number of amides is 2. The average Bonchev–Trinajstić information content (AvgIpc) is 2.45. The van der Waals surface area contributed by atoms with Crippen LogP contribution in [-0.4, -0.2) is 38.3 Å². The van der Waals surface area contributed by atoms with E-state index in [2.05, 4.69) is 15.8 Å². The Morgan fingerprint density at radius 3 is 2.60 bits per heavy atom. The highest BCUT2D eigenvalue weighted by Crippen LogP contribution is 1.99. The zero-order chi connectivity index (χ0) is 14.8. The van der Waals surface area contributed by atoms with Crippen molar-refractivity contribution in [3.05, 3.63) is 35.4 Å². The summed E-state index contributed by atoms with van der Waals surface area (Å²) in [6.07, 6.45) is 2.14. The Balaban J connectivity index is 2.31. The summed E-state index contributed by atoms with van der Waals surface area (Å²) in [6.45, 7) is 2.91. The first-order valence-corrected chi connectivity index (χ1v) is 6.30. The van der Waals surface area contributed by atoms with E-state index in [1.54, 1.807) is 7.11 Å². The van der Waals surface area contributed by atoms with Crippen LogP contribution < -0.4 is 10.7 Å². The van der Waals surface area contributed by atoms with Crippen LogP contribution in [0.1, 0.15) is 17.5 Å². The molecule has 2 N–H and O–H groups in total. The van der Waals surface area contributed by atoms with Crippen molar-refractivity contribution in [2.45, 2.75) is 13.3 Å². The lowest BCUT2D eigenvalue weighted by Crippen LogP contribution is -2.38. The van der Waals surface area contributed by atoms with E-state index in [0.29, 0.717) is 19.6 Å². The Hall–Kier alpha value is -2.21. The van der Waals surface area contributed by atoms with Crippen LogP contribution in [0.3, 0.4) is 0 Å². The lowest BCUT2D eigenvalue weighted by atomic mass is 10.2. The normalized spacial score (nSPS) is 10.5. The van der Waals surface area contributed by atoms with Crippen molar-refractivity contribution in [3.63, 3.8) is 0 Å². The molecule has 0 heterocycles. The molecule has 0 aliphatic heterocycles. The van der Waals surface area contributed by atoms with Crippen LogP contribution in [0, 0.1) is 6.92 Å². The maximum absolute atomic E-state index is 11.4. The number of rotatable bonds is 6. The van der Waals surface area contributed by atoms with Crippen molar-refractivity contribution in [1.29, 1.82) is 0 Å². The minimum absolute atomic E-state index is 0.391. The van der Waals surface area contributed by atoms with Crippen molar-refractivity contribution >= 4 is 18.0 Å². The van der Waals surface area contributed by atoms with E-state index in [-0.39, 0.29) is 0 Å². The minimum atomic E-state index is -0.786. The first-order valence-electron chi connectivity index (χ1n) is 6.30. The Bertz CT molecular complexity index is 469. The van der Waals surface area contributed by atoms with Gasteiger partial charge in [-0.3, -0.25) is 9.59 Å². The number of ether oxygens (including phenoxy) is 1. The van der Waals surface area contributed by atoms with Gasteiger partial charge in [-0.15, -0.1) is 0 Å². The van der Waals surface area contributed by atoms with Crippen LogP contribution in [-0.2, 0) is 14.3 Å². The predicted octanol–water partition coefficient (Wildman–Crippen LogP) is 0.598. The topological polar surface area (TPSA) is 79.8 Å². The fourth-order valence-corrected chi connectivity index (χ4v) is 1.37. The highest BCUT2D eigenvalue weighted by molar-refractivity contribution is 6.35. The molecule has 1 rings (SSSR count). The Morgan fingerprint density at radius 2 is 1.95 bits per heavy atom. The van der Waals surface area contributed by atoms with E-state index < -0.39 is 11.8 Å². The molecule has 20 heavy (non-hydrogen) atoms. The number of aryl methyl sites for hydroxylation is 1. The number of hydrogen-bond donors (Lipinski definition) is 2. The first kappa shape index (κ1) is 15.8. The molecule has 6 nitrogen and oxygen atoms in total. The molecule has 0 aromatic heterocycles. The number of carbonyl (C=O) groups excluding carboxylic acids is 2. The predicted molar refractivity (Wildman–Crippen MR) is 76.4 cm³/mol. The summed E-state index contributed by atoms with van der Waals surface area (Å²) in [5, 5.41) is 6.20. The summed E-state index contributed by atoms with van der Waals surface area (Å²) in [4.78, 5) is 22.7. The number of nitrogens with one attached hydrogen (secondary N) is 2. The van der Waals surface area contributed by atoms with E-state index in [0.717, 1.165) is 11.1 Å². The number of hydrazone groups is 1. The van der Waals surface area contributed by atoms with Crippen LogP contribution >= 0.6 is 0 Å². The molecule has 0 unspecified atom stereocenters. The third-order valence-electron chi connectivity index (χ3n) is 2.47. The molecule has 0 atom stereocenters. The van der Waals surface area contributed by atoms with Crippen LogP contribution in [0.5, 0.6) is 0 Å². The van der Waals surface area contributed by atoms with E-state index in [4.69, 9.17) is 4.74 Å². The van der Waals surface area contributed by atoms with Gasteiger partial charge in [-0.05, 0) is 18.9 Å². The van der Waals surface area contributed by atoms with Crippen molar-refractivity contribution in [1.82, 2.24) is 10.7 Å². The summed E-state index contributed by atoms with van der Waals surface area (Å²) in [5.41, 5.74) is 4.16. The summed E-state index contributed by atoms with van der Waals surface area (Å²) >= 11 is 0. The number of carbonyl (C=O) groups is 2. The second-order valence-corrected chi connectivity index (χ2v) is 4.21. The van der Waals surface area contributed by atoms with Gasteiger partial charge in [0.2, 0.25) is 0 Å². The zero-order valence-corrected chi connectivity index (χ0v) is 11.7. The maximum atomic E-state index is 11.4. The fraction of sp³-hybridized carbons (Fsp3) is 0.357. The molecular formula is C14H19N3O3. The van der Waals surface area contributed by atoms with Gasteiger partial charge in [0.25, 0.3) is 0 Å². The quantitative estimate of drug-likeness (QED) is 0.346. The van der Waals surface area contributed by atoms with Gasteiger partial charge in [0, 0.05) is 20.3 Å². The molecule has 0 fully saturated rings. The lowest BCUT2D eigenvalue weighted by Gasteiger charge is -2.03. The van der Waals surface area contributed by atoms with Gasteiger partial charge < -0.3 is 10.1 Å².